The minimum absolute atomic E-state index is 0.914. The highest BCUT2D eigenvalue weighted by molar-refractivity contribution is 5.33. The zero-order valence-electron chi connectivity index (χ0n) is 9.58. The summed E-state index contributed by atoms with van der Waals surface area (Å²) < 4.78 is 0. The van der Waals surface area contributed by atoms with E-state index in [4.69, 9.17) is 0 Å². The first kappa shape index (κ1) is 10.4. The third-order valence-electron chi connectivity index (χ3n) is 3.28. The minimum Gasteiger partial charge on any atom is -0.369 e. The second kappa shape index (κ2) is 4.60. The maximum atomic E-state index is 4.44. The zero-order valence-corrected chi connectivity index (χ0v) is 9.58. The van der Waals surface area contributed by atoms with Crippen LogP contribution in [0.2, 0.25) is 0 Å². The highest BCUT2D eigenvalue weighted by Gasteiger charge is 2.16. The summed E-state index contributed by atoms with van der Waals surface area (Å²) in [5.74, 6) is 1.87. The minimum atomic E-state index is 0.914. The molecule has 0 spiro atoms. The molecule has 0 radical (unpaired) electrons. The van der Waals surface area contributed by atoms with Gasteiger partial charge in [0.2, 0.25) is 0 Å². The van der Waals surface area contributed by atoms with Crippen molar-refractivity contribution in [1.82, 2.24) is 9.97 Å². The van der Waals surface area contributed by atoms with Crippen molar-refractivity contribution in [2.24, 2.45) is 5.92 Å². The molecule has 1 aliphatic rings. The van der Waals surface area contributed by atoms with Gasteiger partial charge in [0, 0.05) is 6.54 Å². The number of hydrogen-bond donors (Lipinski definition) is 1. The van der Waals surface area contributed by atoms with E-state index in [1.165, 1.54) is 25.7 Å². The van der Waals surface area contributed by atoms with E-state index in [1.807, 2.05) is 20.0 Å². The molecule has 2 rings (SSSR count). The first-order valence-electron chi connectivity index (χ1n) is 5.80. The number of rotatable bonds is 4. The van der Waals surface area contributed by atoms with Crippen LogP contribution in [0.25, 0.3) is 0 Å². The maximum absolute atomic E-state index is 4.44. The molecule has 82 valence electrons. The summed E-state index contributed by atoms with van der Waals surface area (Å²) in [5, 5.41) is 3.34. The molecule has 0 unspecified atom stereocenters. The second-order valence-corrected chi connectivity index (χ2v) is 4.44. The van der Waals surface area contributed by atoms with E-state index in [9.17, 15) is 0 Å². The molecule has 1 aliphatic carbocycles. The van der Waals surface area contributed by atoms with E-state index in [0.717, 1.165) is 29.7 Å². The fourth-order valence-corrected chi connectivity index (χ4v) is 1.81. The van der Waals surface area contributed by atoms with Gasteiger partial charge in [0.1, 0.15) is 5.82 Å². The van der Waals surface area contributed by atoms with E-state index < -0.39 is 0 Å². The molecule has 0 aliphatic heterocycles. The number of hydrogen-bond acceptors (Lipinski definition) is 3. The number of anilines is 1. The summed E-state index contributed by atoms with van der Waals surface area (Å²) in [6.07, 6.45) is 7.35. The van der Waals surface area contributed by atoms with Crippen molar-refractivity contribution in [1.29, 1.82) is 0 Å². The van der Waals surface area contributed by atoms with Gasteiger partial charge in [0.05, 0.1) is 17.6 Å². The van der Waals surface area contributed by atoms with Crippen molar-refractivity contribution < 1.29 is 0 Å². The van der Waals surface area contributed by atoms with Crippen LogP contribution in [0.5, 0.6) is 0 Å². The topological polar surface area (TPSA) is 37.8 Å². The van der Waals surface area contributed by atoms with Gasteiger partial charge in [-0.1, -0.05) is 19.3 Å². The van der Waals surface area contributed by atoms with Crippen LogP contribution < -0.4 is 5.32 Å². The van der Waals surface area contributed by atoms with Crippen LogP contribution in [0.1, 0.15) is 37.1 Å². The Morgan fingerprint density at radius 2 is 2.13 bits per heavy atom. The van der Waals surface area contributed by atoms with Crippen LogP contribution in [0.3, 0.4) is 0 Å². The van der Waals surface area contributed by atoms with Crippen LogP contribution in [-0.2, 0) is 0 Å². The Morgan fingerprint density at radius 1 is 1.33 bits per heavy atom. The maximum Gasteiger partial charge on any atom is 0.144 e. The van der Waals surface area contributed by atoms with Gasteiger partial charge in [0.25, 0.3) is 0 Å². The molecule has 0 amide bonds. The molecule has 1 fully saturated rings. The van der Waals surface area contributed by atoms with Gasteiger partial charge in [-0.2, -0.15) is 0 Å². The molecule has 0 aromatic carbocycles. The Balaban J connectivity index is 1.79. The Kier molecular flexibility index (Phi) is 3.19. The van der Waals surface area contributed by atoms with Crippen molar-refractivity contribution in [2.45, 2.75) is 39.5 Å². The van der Waals surface area contributed by atoms with E-state index in [0.29, 0.717) is 0 Å². The number of aryl methyl sites for hydroxylation is 2. The lowest BCUT2D eigenvalue weighted by Crippen LogP contribution is -2.16. The summed E-state index contributed by atoms with van der Waals surface area (Å²) >= 11 is 0. The molecule has 1 aromatic heterocycles. The summed E-state index contributed by atoms with van der Waals surface area (Å²) in [4.78, 5) is 8.73. The molecule has 1 N–H and O–H groups in total. The van der Waals surface area contributed by atoms with Gasteiger partial charge >= 0.3 is 0 Å². The lowest BCUT2D eigenvalue weighted by Gasteiger charge is -2.25. The van der Waals surface area contributed by atoms with Crippen molar-refractivity contribution in [3.05, 3.63) is 17.6 Å². The molecule has 3 heteroatoms. The van der Waals surface area contributed by atoms with Crippen molar-refractivity contribution in [2.75, 3.05) is 11.9 Å². The van der Waals surface area contributed by atoms with Crippen LogP contribution in [0, 0.1) is 19.8 Å². The Morgan fingerprint density at radius 3 is 2.73 bits per heavy atom. The quantitative estimate of drug-likeness (QED) is 0.821. The molecular formula is C12H19N3. The molecular weight excluding hydrogens is 186 g/mol. The number of nitrogens with zero attached hydrogens (tertiary/aromatic N) is 2. The fraction of sp³-hybridized carbons (Fsp3) is 0.667. The third kappa shape index (κ3) is 2.67. The van der Waals surface area contributed by atoms with Gasteiger partial charge < -0.3 is 5.32 Å². The smallest absolute Gasteiger partial charge is 0.144 e. The summed E-state index contributed by atoms with van der Waals surface area (Å²) in [7, 11) is 0. The van der Waals surface area contributed by atoms with Crippen LogP contribution >= 0.6 is 0 Å². The van der Waals surface area contributed by atoms with Gasteiger partial charge in [-0.3, -0.25) is 4.98 Å². The first-order valence-corrected chi connectivity index (χ1v) is 5.80. The number of aromatic nitrogens is 2. The summed E-state index contributed by atoms with van der Waals surface area (Å²) in [5.41, 5.74) is 2.03. The van der Waals surface area contributed by atoms with Gasteiger partial charge in [-0.25, -0.2) is 4.98 Å². The van der Waals surface area contributed by atoms with E-state index in [1.54, 1.807) is 0 Å². The van der Waals surface area contributed by atoms with Gasteiger partial charge in [-0.15, -0.1) is 0 Å². The highest BCUT2D eigenvalue weighted by atomic mass is 15.0. The van der Waals surface area contributed by atoms with Crippen LogP contribution in [0.15, 0.2) is 6.20 Å². The molecule has 0 atom stereocenters. The largest absolute Gasteiger partial charge is 0.369 e. The monoisotopic (exact) mass is 205 g/mol. The first-order chi connectivity index (χ1) is 7.25. The van der Waals surface area contributed by atoms with E-state index in [-0.39, 0.29) is 0 Å². The SMILES string of the molecule is Cc1ncc(NCCC2CCC2)nc1C. The molecule has 3 nitrogen and oxygen atoms in total. The molecule has 1 saturated carbocycles. The average Bonchev–Trinajstić information content (AvgIpc) is 2.15. The van der Waals surface area contributed by atoms with E-state index >= 15 is 0 Å². The highest BCUT2D eigenvalue weighted by Crippen LogP contribution is 2.29. The van der Waals surface area contributed by atoms with Crippen molar-refractivity contribution >= 4 is 5.82 Å². The normalized spacial score (nSPS) is 16.1. The number of nitrogens with one attached hydrogen (secondary N) is 1. The molecule has 1 aromatic rings. The van der Waals surface area contributed by atoms with Crippen LogP contribution in [0.4, 0.5) is 5.82 Å². The Hall–Kier alpha value is -1.12. The predicted octanol–water partition coefficient (Wildman–Crippen LogP) is 2.70. The second-order valence-electron chi connectivity index (χ2n) is 4.44. The lowest BCUT2D eigenvalue weighted by molar-refractivity contribution is 0.303. The summed E-state index contributed by atoms with van der Waals surface area (Å²) in [6, 6.07) is 0. The Labute approximate surface area is 91.3 Å². The zero-order chi connectivity index (χ0) is 10.7. The van der Waals surface area contributed by atoms with Crippen LogP contribution in [-0.4, -0.2) is 16.5 Å². The lowest BCUT2D eigenvalue weighted by atomic mass is 9.83. The molecule has 15 heavy (non-hydrogen) atoms. The Bertz CT molecular complexity index is 332. The molecule has 1 heterocycles. The predicted molar refractivity (Wildman–Crippen MR) is 62.0 cm³/mol. The van der Waals surface area contributed by atoms with Crippen molar-refractivity contribution in [3.63, 3.8) is 0 Å². The van der Waals surface area contributed by atoms with Gasteiger partial charge in [0.15, 0.2) is 0 Å². The van der Waals surface area contributed by atoms with E-state index in [2.05, 4.69) is 15.3 Å². The summed E-state index contributed by atoms with van der Waals surface area (Å²) in [6.45, 7) is 5.02. The average molecular weight is 205 g/mol. The van der Waals surface area contributed by atoms with Gasteiger partial charge in [-0.05, 0) is 26.2 Å². The molecule has 0 bridgehead atoms. The standard InChI is InChI=1S/C12H19N3/c1-9-10(2)15-12(8-14-9)13-7-6-11-4-3-5-11/h8,11H,3-7H2,1-2H3,(H,13,15). The third-order valence-corrected chi connectivity index (χ3v) is 3.28. The van der Waals surface area contributed by atoms with Crippen molar-refractivity contribution in [3.8, 4) is 0 Å². The fourth-order valence-electron chi connectivity index (χ4n) is 1.81. The molecule has 0 saturated heterocycles.